The molecule has 1 amide bonds. The predicted octanol–water partition coefficient (Wildman–Crippen LogP) is 4.87. The molecule has 26 heavy (non-hydrogen) atoms. The van der Waals surface area contributed by atoms with Gasteiger partial charge in [0.1, 0.15) is 5.76 Å². The monoisotopic (exact) mass is 363 g/mol. The number of hydrogen-bond acceptors (Lipinski definition) is 3. The Hall–Kier alpha value is -2.72. The zero-order valence-electron chi connectivity index (χ0n) is 14.4. The second-order valence-electron chi connectivity index (χ2n) is 5.73. The summed E-state index contributed by atoms with van der Waals surface area (Å²) in [6.45, 7) is 0.624. The van der Waals surface area contributed by atoms with Gasteiger partial charge in [-0.15, -0.1) is 0 Å². The molecule has 0 aliphatic rings. The Morgan fingerprint density at radius 3 is 2.38 bits per heavy atom. The van der Waals surface area contributed by atoms with Gasteiger partial charge in [-0.3, -0.25) is 4.79 Å². The molecule has 0 saturated carbocycles. The summed E-state index contributed by atoms with van der Waals surface area (Å²) in [6, 6.07) is 23.6. The Morgan fingerprint density at radius 2 is 1.69 bits per heavy atom. The van der Waals surface area contributed by atoms with E-state index in [2.05, 4.69) is 17.4 Å². The second-order valence-corrected chi connectivity index (χ2v) is 6.84. The molecule has 2 aromatic carbocycles. The van der Waals surface area contributed by atoms with Gasteiger partial charge in [0.05, 0.1) is 11.8 Å². The van der Waals surface area contributed by atoms with E-state index in [0.717, 1.165) is 17.1 Å². The highest BCUT2D eigenvalue weighted by Crippen LogP contribution is 2.19. The fraction of sp³-hybridized carbons (Fsp3) is 0.136. The van der Waals surface area contributed by atoms with Gasteiger partial charge in [-0.2, -0.15) is 11.8 Å². The first-order chi connectivity index (χ1) is 12.8. The van der Waals surface area contributed by atoms with E-state index in [0.29, 0.717) is 17.9 Å². The number of furan rings is 1. The Bertz CT molecular complexity index is 827. The zero-order chi connectivity index (χ0) is 18.0. The minimum atomic E-state index is -0.0899. The molecule has 0 saturated heterocycles. The van der Waals surface area contributed by atoms with Crippen molar-refractivity contribution in [3.63, 3.8) is 0 Å². The molecule has 1 N–H and O–H groups in total. The minimum absolute atomic E-state index is 0.0899. The highest BCUT2D eigenvalue weighted by molar-refractivity contribution is 7.98. The van der Waals surface area contributed by atoms with Crippen LogP contribution in [0.4, 0.5) is 0 Å². The lowest BCUT2D eigenvalue weighted by molar-refractivity contribution is -0.115. The van der Waals surface area contributed by atoms with Crippen LogP contribution in [0.3, 0.4) is 0 Å². The smallest absolute Gasteiger partial charge is 0.252 e. The van der Waals surface area contributed by atoms with Crippen LogP contribution in [0.2, 0.25) is 0 Å². The van der Waals surface area contributed by atoms with Crippen LogP contribution in [0.15, 0.2) is 83.5 Å². The molecule has 0 fully saturated rings. The van der Waals surface area contributed by atoms with Crippen LogP contribution in [0.1, 0.15) is 16.9 Å². The number of nitrogens with one attached hydrogen (secondary N) is 1. The van der Waals surface area contributed by atoms with E-state index in [1.165, 1.54) is 5.56 Å². The molecule has 3 aromatic rings. The maximum absolute atomic E-state index is 12.7. The minimum Gasteiger partial charge on any atom is -0.465 e. The van der Waals surface area contributed by atoms with Gasteiger partial charge in [0.25, 0.3) is 5.91 Å². The number of carbonyl (C=O) groups excluding carboxylic acids is 1. The number of carbonyl (C=O) groups is 1. The number of thioether (sulfide) groups is 1. The van der Waals surface area contributed by atoms with Gasteiger partial charge in [-0.05, 0) is 29.3 Å². The van der Waals surface area contributed by atoms with Crippen molar-refractivity contribution in [1.29, 1.82) is 0 Å². The summed E-state index contributed by atoms with van der Waals surface area (Å²) in [6.07, 6.45) is 3.38. The number of rotatable bonds is 8. The summed E-state index contributed by atoms with van der Waals surface area (Å²) in [7, 11) is 0. The van der Waals surface area contributed by atoms with E-state index in [1.807, 2.05) is 72.4 Å². The van der Waals surface area contributed by atoms with E-state index in [4.69, 9.17) is 4.42 Å². The van der Waals surface area contributed by atoms with Gasteiger partial charge < -0.3 is 9.73 Å². The van der Waals surface area contributed by atoms with Crippen LogP contribution in [0, 0.1) is 0 Å². The first-order valence-corrected chi connectivity index (χ1v) is 9.69. The first kappa shape index (κ1) is 18.1. The molecule has 0 aliphatic carbocycles. The van der Waals surface area contributed by atoms with E-state index in [-0.39, 0.29) is 5.91 Å². The summed E-state index contributed by atoms with van der Waals surface area (Å²) < 4.78 is 5.37. The van der Waals surface area contributed by atoms with Gasteiger partial charge in [0, 0.05) is 18.1 Å². The fourth-order valence-corrected chi connectivity index (χ4v) is 3.33. The Labute approximate surface area is 158 Å². The topological polar surface area (TPSA) is 42.2 Å². The first-order valence-electron chi connectivity index (χ1n) is 8.53. The van der Waals surface area contributed by atoms with E-state index in [9.17, 15) is 4.79 Å². The van der Waals surface area contributed by atoms with Crippen LogP contribution in [0.25, 0.3) is 11.6 Å². The molecule has 3 rings (SSSR count). The van der Waals surface area contributed by atoms with Gasteiger partial charge in [0.15, 0.2) is 0 Å². The number of benzene rings is 2. The predicted molar refractivity (Wildman–Crippen MR) is 109 cm³/mol. The third-order valence-electron chi connectivity index (χ3n) is 3.80. The molecular formula is C22H21NO2S. The van der Waals surface area contributed by atoms with Crippen molar-refractivity contribution < 1.29 is 9.21 Å². The maximum Gasteiger partial charge on any atom is 0.252 e. The lowest BCUT2D eigenvalue weighted by Crippen LogP contribution is -2.26. The maximum atomic E-state index is 12.7. The summed E-state index contributed by atoms with van der Waals surface area (Å²) >= 11 is 1.81. The lowest BCUT2D eigenvalue weighted by atomic mass is 10.0. The van der Waals surface area contributed by atoms with Crippen molar-refractivity contribution in [3.05, 3.63) is 95.9 Å². The molecule has 0 bridgehead atoms. The van der Waals surface area contributed by atoms with Crippen LogP contribution < -0.4 is 5.32 Å². The van der Waals surface area contributed by atoms with E-state index < -0.39 is 0 Å². The molecule has 0 atom stereocenters. The van der Waals surface area contributed by atoms with Crippen molar-refractivity contribution in [1.82, 2.24) is 5.32 Å². The van der Waals surface area contributed by atoms with Crippen LogP contribution in [-0.4, -0.2) is 18.2 Å². The standard InChI is InChI=1S/C22H21NO2S/c24-22(23-13-15-26-17-18-8-3-1-4-9-18)21(16-20-12-7-14-25-20)19-10-5-2-6-11-19/h1-12,14,16H,13,15,17H2,(H,23,24)/b21-16+. The van der Waals surface area contributed by atoms with Gasteiger partial charge >= 0.3 is 0 Å². The molecule has 3 nitrogen and oxygen atoms in total. The molecule has 0 radical (unpaired) electrons. The average Bonchev–Trinajstić information content (AvgIpc) is 3.20. The Kier molecular flexibility index (Phi) is 6.73. The highest BCUT2D eigenvalue weighted by atomic mass is 32.2. The third-order valence-corrected chi connectivity index (χ3v) is 4.83. The molecular weight excluding hydrogens is 342 g/mol. The normalized spacial score (nSPS) is 11.3. The third kappa shape index (κ3) is 5.39. The van der Waals surface area contributed by atoms with E-state index in [1.54, 1.807) is 12.3 Å². The van der Waals surface area contributed by atoms with Crippen molar-refractivity contribution >= 4 is 29.3 Å². The van der Waals surface area contributed by atoms with Gasteiger partial charge in [0.2, 0.25) is 0 Å². The molecule has 132 valence electrons. The molecule has 1 heterocycles. The second kappa shape index (κ2) is 9.68. The molecule has 0 aliphatic heterocycles. The van der Waals surface area contributed by atoms with Crippen molar-refractivity contribution in [3.8, 4) is 0 Å². The highest BCUT2D eigenvalue weighted by Gasteiger charge is 2.12. The fourth-order valence-electron chi connectivity index (χ4n) is 2.51. The van der Waals surface area contributed by atoms with Crippen molar-refractivity contribution in [2.45, 2.75) is 5.75 Å². The van der Waals surface area contributed by atoms with Crippen LogP contribution in [0.5, 0.6) is 0 Å². The zero-order valence-corrected chi connectivity index (χ0v) is 15.2. The van der Waals surface area contributed by atoms with Gasteiger partial charge in [-0.1, -0.05) is 60.7 Å². The van der Waals surface area contributed by atoms with Crippen LogP contribution in [-0.2, 0) is 10.5 Å². The van der Waals surface area contributed by atoms with Crippen molar-refractivity contribution in [2.75, 3.05) is 12.3 Å². The summed E-state index contributed by atoms with van der Waals surface area (Å²) in [5.41, 5.74) is 2.78. The average molecular weight is 363 g/mol. The van der Waals surface area contributed by atoms with E-state index >= 15 is 0 Å². The quantitative estimate of drug-likeness (QED) is 0.459. The summed E-state index contributed by atoms with van der Waals surface area (Å²) in [4.78, 5) is 12.7. The lowest BCUT2D eigenvalue weighted by Gasteiger charge is -2.09. The molecule has 0 unspecified atom stereocenters. The van der Waals surface area contributed by atoms with Crippen molar-refractivity contribution in [2.24, 2.45) is 0 Å². The molecule has 1 aromatic heterocycles. The largest absolute Gasteiger partial charge is 0.465 e. The molecule has 0 spiro atoms. The Morgan fingerprint density at radius 1 is 0.962 bits per heavy atom. The van der Waals surface area contributed by atoms with Crippen LogP contribution >= 0.6 is 11.8 Å². The summed E-state index contributed by atoms with van der Waals surface area (Å²) in [5.74, 6) is 2.39. The summed E-state index contributed by atoms with van der Waals surface area (Å²) in [5, 5.41) is 3.01. The Balaban J connectivity index is 1.56. The van der Waals surface area contributed by atoms with Gasteiger partial charge in [-0.25, -0.2) is 0 Å². The number of amides is 1. The molecule has 4 heteroatoms. The number of hydrogen-bond donors (Lipinski definition) is 1. The SMILES string of the molecule is O=C(NCCSCc1ccccc1)/C(=C/c1ccco1)c1ccccc1.